The van der Waals surface area contributed by atoms with Crippen molar-refractivity contribution in [2.75, 3.05) is 19.6 Å². The van der Waals surface area contributed by atoms with Crippen LogP contribution in [-0.2, 0) is 17.6 Å². The van der Waals surface area contributed by atoms with E-state index in [1.165, 1.54) is 55.5 Å². The molecule has 4 nitrogen and oxygen atoms in total. The lowest BCUT2D eigenvalue weighted by atomic mass is 9.91. The Labute approximate surface area is 157 Å². The molecule has 0 N–H and O–H groups in total. The summed E-state index contributed by atoms with van der Waals surface area (Å²) in [5, 5.41) is 6.40. The molecule has 4 rings (SSSR count). The molecule has 0 radical (unpaired) electrons. The van der Waals surface area contributed by atoms with Crippen molar-refractivity contribution in [2.24, 2.45) is 5.10 Å². The molecule has 4 heteroatoms. The summed E-state index contributed by atoms with van der Waals surface area (Å²) in [6.07, 6.45) is 9.97. The highest BCUT2D eigenvalue weighted by Crippen LogP contribution is 2.28. The number of amides is 1. The second-order valence-electron chi connectivity index (χ2n) is 8.02. The first kappa shape index (κ1) is 17.7. The molecule has 2 heterocycles. The zero-order valence-corrected chi connectivity index (χ0v) is 16.0. The van der Waals surface area contributed by atoms with Crippen LogP contribution in [0.5, 0.6) is 0 Å². The SMILES string of the molecule is CCCCN1N=C(c2ccc3c(c2)CCN(C2CCC2)CC3)CCC1=O. The molecular weight excluding hydrogens is 322 g/mol. The number of hydrazone groups is 1. The predicted molar refractivity (Wildman–Crippen MR) is 105 cm³/mol. The van der Waals surface area contributed by atoms with Crippen LogP contribution in [0.4, 0.5) is 0 Å². The van der Waals surface area contributed by atoms with Gasteiger partial charge in [0.1, 0.15) is 0 Å². The first-order valence-electron chi connectivity index (χ1n) is 10.5. The quantitative estimate of drug-likeness (QED) is 0.808. The van der Waals surface area contributed by atoms with Gasteiger partial charge in [0, 0.05) is 38.5 Å². The Morgan fingerprint density at radius 2 is 1.88 bits per heavy atom. The number of hydrogen-bond acceptors (Lipinski definition) is 3. The summed E-state index contributed by atoms with van der Waals surface area (Å²) in [5.74, 6) is 0.174. The Bertz CT molecular complexity index is 693. The summed E-state index contributed by atoms with van der Waals surface area (Å²) >= 11 is 0. The van der Waals surface area contributed by atoms with Crippen molar-refractivity contribution in [1.82, 2.24) is 9.91 Å². The normalized spacial score (nSPS) is 21.8. The molecule has 3 aliphatic rings. The fourth-order valence-corrected chi connectivity index (χ4v) is 4.33. The average molecular weight is 354 g/mol. The summed E-state index contributed by atoms with van der Waals surface area (Å²) in [7, 11) is 0. The molecule has 1 amide bonds. The van der Waals surface area contributed by atoms with Crippen LogP contribution in [0.3, 0.4) is 0 Å². The molecule has 0 aromatic heterocycles. The fourth-order valence-electron chi connectivity index (χ4n) is 4.33. The van der Waals surface area contributed by atoms with Crippen LogP contribution in [-0.4, -0.2) is 47.2 Å². The summed E-state index contributed by atoms with van der Waals surface area (Å²) in [4.78, 5) is 14.8. The number of hydrogen-bond donors (Lipinski definition) is 0. The maximum Gasteiger partial charge on any atom is 0.243 e. The van der Waals surface area contributed by atoms with Crippen LogP contribution in [0.2, 0.25) is 0 Å². The van der Waals surface area contributed by atoms with E-state index in [9.17, 15) is 4.79 Å². The lowest BCUT2D eigenvalue weighted by Crippen LogP contribution is -2.41. The van der Waals surface area contributed by atoms with Crippen molar-refractivity contribution < 1.29 is 4.79 Å². The van der Waals surface area contributed by atoms with E-state index in [0.29, 0.717) is 6.42 Å². The van der Waals surface area contributed by atoms with Gasteiger partial charge in [-0.25, -0.2) is 5.01 Å². The Kier molecular flexibility index (Phi) is 5.39. The van der Waals surface area contributed by atoms with Crippen LogP contribution in [0.15, 0.2) is 23.3 Å². The van der Waals surface area contributed by atoms with Crippen molar-refractivity contribution in [1.29, 1.82) is 0 Å². The average Bonchev–Trinajstić information content (AvgIpc) is 2.82. The fraction of sp³-hybridized carbons (Fsp3) is 0.636. The zero-order chi connectivity index (χ0) is 17.9. The molecule has 0 atom stereocenters. The highest BCUT2D eigenvalue weighted by molar-refractivity contribution is 6.04. The summed E-state index contributed by atoms with van der Waals surface area (Å²) < 4.78 is 0. The Morgan fingerprint density at radius 1 is 1.08 bits per heavy atom. The molecule has 2 aliphatic heterocycles. The van der Waals surface area contributed by atoms with Gasteiger partial charge in [0.2, 0.25) is 5.91 Å². The highest BCUT2D eigenvalue weighted by Gasteiger charge is 2.27. The van der Waals surface area contributed by atoms with E-state index in [4.69, 9.17) is 5.10 Å². The van der Waals surface area contributed by atoms with Crippen molar-refractivity contribution in [3.8, 4) is 0 Å². The standard InChI is InChI=1S/C22H31N3O/c1-2-3-13-25-22(26)10-9-21(23-25)19-8-7-17-11-14-24(20-5-4-6-20)15-12-18(17)16-19/h7-8,16,20H,2-6,9-15H2,1H3. The molecule has 0 spiro atoms. The van der Waals surface area contributed by atoms with Gasteiger partial charge in [-0.2, -0.15) is 5.10 Å². The van der Waals surface area contributed by atoms with Crippen LogP contribution in [0, 0.1) is 0 Å². The predicted octanol–water partition coefficient (Wildman–Crippen LogP) is 3.77. The summed E-state index contributed by atoms with van der Waals surface area (Å²) in [5.41, 5.74) is 5.30. The Morgan fingerprint density at radius 3 is 2.62 bits per heavy atom. The van der Waals surface area contributed by atoms with Crippen LogP contribution in [0.25, 0.3) is 0 Å². The molecule has 0 saturated heterocycles. The molecule has 1 aromatic rings. The molecule has 1 aliphatic carbocycles. The molecule has 1 aromatic carbocycles. The van der Waals surface area contributed by atoms with E-state index in [0.717, 1.165) is 44.0 Å². The lowest BCUT2D eigenvalue weighted by molar-refractivity contribution is -0.131. The molecule has 140 valence electrons. The number of carbonyl (C=O) groups excluding carboxylic acids is 1. The van der Waals surface area contributed by atoms with Crippen molar-refractivity contribution in [3.05, 3.63) is 34.9 Å². The molecule has 1 fully saturated rings. The zero-order valence-electron chi connectivity index (χ0n) is 16.0. The van der Waals surface area contributed by atoms with Crippen LogP contribution in [0.1, 0.15) is 68.6 Å². The molecular formula is C22H31N3O. The largest absolute Gasteiger partial charge is 0.300 e. The van der Waals surface area contributed by atoms with Gasteiger partial charge in [-0.15, -0.1) is 0 Å². The third-order valence-corrected chi connectivity index (χ3v) is 6.30. The second-order valence-corrected chi connectivity index (χ2v) is 8.02. The van der Waals surface area contributed by atoms with Gasteiger partial charge in [-0.3, -0.25) is 9.69 Å². The van der Waals surface area contributed by atoms with Gasteiger partial charge in [0.25, 0.3) is 0 Å². The van der Waals surface area contributed by atoms with E-state index >= 15 is 0 Å². The molecule has 26 heavy (non-hydrogen) atoms. The van der Waals surface area contributed by atoms with Crippen LogP contribution >= 0.6 is 0 Å². The Hall–Kier alpha value is -1.68. The number of nitrogens with zero attached hydrogens (tertiary/aromatic N) is 3. The maximum absolute atomic E-state index is 12.1. The van der Waals surface area contributed by atoms with E-state index in [-0.39, 0.29) is 5.91 Å². The first-order chi connectivity index (χ1) is 12.7. The second kappa shape index (κ2) is 7.91. The topological polar surface area (TPSA) is 35.9 Å². The van der Waals surface area contributed by atoms with Crippen molar-refractivity contribution >= 4 is 11.6 Å². The maximum atomic E-state index is 12.1. The van der Waals surface area contributed by atoms with Gasteiger partial charge in [-0.1, -0.05) is 31.9 Å². The first-order valence-corrected chi connectivity index (χ1v) is 10.5. The van der Waals surface area contributed by atoms with E-state index in [2.05, 4.69) is 30.0 Å². The van der Waals surface area contributed by atoms with Gasteiger partial charge < -0.3 is 0 Å². The van der Waals surface area contributed by atoms with E-state index in [1.54, 1.807) is 5.01 Å². The number of fused-ring (bicyclic) bond motifs is 1. The lowest BCUT2D eigenvalue weighted by Gasteiger charge is -2.36. The van der Waals surface area contributed by atoms with Crippen molar-refractivity contribution in [3.63, 3.8) is 0 Å². The van der Waals surface area contributed by atoms with E-state index in [1.807, 2.05) is 0 Å². The van der Waals surface area contributed by atoms with E-state index < -0.39 is 0 Å². The van der Waals surface area contributed by atoms with Crippen molar-refractivity contribution in [2.45, 2.75) is 70.8 Å². The smallest absolute Gasteiger partial charge is 0.243 e. The van der Waals surface area contributed by atoms with Crippen LogP contribution < -0.4 is 0 Å². The minimum Gasteiger partial charge on any atom is -0.300 e. The third-order valence-electron chi connectivity index (χ3n) is 6.30. The van der Waals surface area contributed by atoms with Gasteiger partial charge in [0.05, 0.1) is 5.71 Å². The molecule has 0 bridgehead atoms. The Balaban J connectivity index is 1.50. The number of benzene rings is 1. The molecule has 1 saturated carbocycles. The minimum absolute atomic E-state index is 0.174. The summed E-state index contributed by atoms with van der Waals surface area (Å²) in [6.45, 7) is 5.30. The number of unbranched alkanes of at least 4 members (excludes halogenated alkanes) is 1. The third kappa shape index (κ3) is 3.71. The van der Waals surface area contributed by atoms with Gasteiger partial charge >= 0.3 is 0 Å². The highest BCUT2D eigenvalue weighted by atomic mass is 16.2. The number of rotatable bonds is 5. The number of carbonyl (C=O) groups is 1. The molecule has 0 unspecified atom stereocenters. The summed E-state index contributed by atoms with van der Waals surface area (Å²) in [6, 6.07) is 7.73. The monoisotopic (exact) mass is 353 g/mol. The minimum atomic E-state index is 0.174. The van der Waals surface area contributed by atoms with Gasteiger partial charge in [0.15, 0.2) is 0 Å². The van der Waals surface area contributed by atoms with Gasteiger partial charge in [-0.05, 0) is 54.9 Å².